The van der Waals surface area contributed by atoms with E-state index in [0.29, 0.717) is 22.6 Å². The molecule has 4 aromatic carbocycles. The number of nitrogens with zero attached hydrogens (tertiary/aromatic N) is 2. The van der Waals surface area contributed by atoms with Gasteiger partial charge in [0.1, 0.15) is 24.7 Å². The minimum atomic E-state index is -1.12. The van der Waals surface area contributed by atoms with Crippen LogP contribution in [-0.4, -0.2) is 114 Å². The van der Waals surface area contributed by atoms with Gasteiger partial charge in [0, 0.05) is 48.8 Å². The Morgan fingerprint density at radius 2 is 1.33 bits per heavy atom. The number of aliphatic carboxylic acids is 1. The number of benzene rings is 4. The van der Waals surface area contributed by atoms with Crippen molar-refractivity contribution < 1.29 is 53.0 Å². The number of aryl methyl sites for hydroxylation is 1. The third-order valence-corrected chi connectivity index (χ3v) is 15.4. The first-order valence-electron chi connectivity index (χ1n) is 29.8. The van der Waals surface area contributed by atoms with E-state index in [1.54, 1.807) is 93.5 Å². The van der Waals surface area contributed by atoms with Gasteiger partial charge in [0.2, 0.25) is 35.4 Å². The number of hydrogen-bond donors (Lipinski definition) is 9. The quantitative estimate of drug-likeness (QED) is 0.0169. The Balaban J connectivity index is 1.37. The van der Waals surface area contributed by atoms with Crippen LogP contribution in [-0.2, 0) is 63.3 Å². The minimum absolute atomic E-state index is 0.0844. The normalized spacial score (nSPS) is 13.4. The number of carbonyl (C=O) groups is 9. The smallest absolute Gasteiger partial charge is 0.411 e. The maximum absolute atomic E-state index is 14.2. The standard InChI is InChI=1S/C67H92N10O11/c1-15-45-22-17-18-24-47(45)39-77(52-26-20-19-23-46(52)16-2)55(79)36-35-54(78)74-56(42(5)6)60(81)73-51(25-21-37-70-64(68)86)59(80)71-49-31-27-44(28-32-49)40-88-65(87)72-50-33-29-48(30-34-50)67(11,12)57(69-13)61(82)75-58(66(8,9)10)62(83)76(14)53(41(3)4)38-43(7)63(84)85/h16-20,22-24,26-34,38,41-42,51,53,56-58,69H,2,15,21,25,35-37,39-40H2,1,3-14H3,(H,71,80)(H,72,87)(H,73,81)(H,74,78)(H,75,82)(H,84,85)(H3,68,70,86)/b43-38+/t51-,53+,56-,57+,58+/m0/s1. The molecule has 88 heavy (non-hydrogen) atoms. The lowest BCUT2D eigenvalue weighted by Gasteiger charge is -2.40. The Labute approximate surface area is 518 Å². The van der Waals surface area contributed by atoms with Gasteiger partial charge in [-0.15, -0.1) is 0 Å². The molecule has 10 N–H and O–H groups in total. The van der Waals surface area contributed by atoms with Crippen molar-refractivity contribution in [3.8, 4) is 0 Å². The minimum Gasteiger partial charge on any atom is -0.478 e. The van der Waals surface area contributed by atoms with E-state index in [1.807, 2.05) is 104 Å². The van der Waals surface area contributed by atoms with Gasteiger partial charge in [-0.05, 0) is 109 Å². The van der Waals surface area contributed by atoms with Gasteiger partial charge in [0.15, 0.2) is 0 Å². The predicted octanol–water partition coefficient (Wildman–Crippen LogP) is 8.58. The van der Waals surface area contributed by atoms with Crippen molar-refractivity contribution in [3.63, 3.8) is 0 Å². The van der Waals surface area contributed by atoms with Gasteiger partial charge in [-0.3, -0.25) is 34.1 Å². The second-order valence-electron chi connectivity index (χ2n) is 24.2. The average molecular weight is 1210 g/mol. The lowest BCUT2D eigenvalue weighted by atomic mass is 9.76. The number of amides is 9. The molecule has 0 saturated carbocycles. The van der Waals surface area contributed by atoms with E-state index in [2.05, 4.69) is 43.8 Å². The molecule has 4 aromatic rings. The molecule has 0 aliphatic heterocycles. The van der Waals surface area contributed by atoms with Crippen LogP contribution in [0.2, 0.25) is 0 Å². The number of carbonyl (C=O) groups excluding carboxylic acids is 8. The summed E-state index contributed by atoms with van der Waals surface area (Å²) in [4.78, 5) is 123. The van der Waals surface area contributed by atoms with Gasteiger partial charge in [-0.2, -0.15) is 0 Å². The van der Waals surface area contributed by atoms with Crippen molar-refractivity contribution in [1.29, 1.82) is 0 Å². The number of rotatable bonds is 31. The molecule has 0 aliphatic rings. The van der Waals surface area contributed by atoms with Crippen molar-refractivity contribution >= 4 is 76.7 Å². The molecule has 0 heterocycles. The average Bonchev–Trinajstić information content (AvgIpc) is 2.73. The van der Waals surface area contributed by atoms with Gasteiger partial charge in [-0.1, -0.05) is 155 Å². The van der Waals surface area contributed by atoms with Crippen molar-refractivity contribution in [2.24, 2.45) is 23.0 Å². The maximum atomic E-state index is 14.2. The number of primary amides is 1. The molecule has 0 bridgehead atoms. The summed E-state index contributed by atoms with van der Waals surface area (Å²) in [6.07, 6.45) is 3.21. The number of urea groups is 1. The number of likely N-dealkylation sites (N-methyl/N-ethyl adjacent to an activating group) is 2. The SMILES string of the molecule is C=Cc1ccccc1N(Cc1ccccc1CC)C(=O)CCC(=O)N[C@H](C(=O)N[C@@H](CCCNC(N)=O)C(=O)Nc1ccc(COC(=O)Nc2ccc(C(C)(C)[C@H](NC)C(=O)N[C@H](C(=O)N(C)[C@H](/C=C(\C)C(=O)O)C(C)C)C(C)(C)C)cc2)cc1)C(C)C. The molecule has 21 nitrogen and oxygen atoms in total. The molecule has 9 amide bonds. The Bertz CT molecular complexity index is 3120. The van der Waals surface area contributed by atoms with Crippen LogP contribution in [0.4, 0.5) is 26.7 Å². The van der Waals surface area contributed by atoms with Crippen molar-refractivity contribution in [3.05, 3.63) is 143 Å². The molecule has 4 rings (SSSR count). The van der Waals surface area contributed by atoms with Gasteiger partial charge >= 0.3 is 18.1 Å². The summed E-state index contributed by atoms with van der Waals surface area (Å²) in [6.45, 7) is 24.3. The Hall–Kier alpha value is -8.85. The van der Waals surface area contributed by atoms with E-state index in [-0.39, 0.29) is 68.7 Å². The lowest BCUT2D eigenvalue weighted by Crippen LogP contribution is -2.61. The van der Waals surface area contributed by atoms with Gasteiger partial charge < -0.3 is 57.3 Å². The number of carboxylic acids is 1. The fourth-order valence-corrected chi connectivity index (χ4v) is 10.1. The van der Waals surface area contributed by atoms with Gasteiger partial charge in [-0.25, -0.2) is 14.4 Å². The summed E-state index contributed by atoms with van der Waals surface area (Å²) in [5.74, 6) is -4.45. The highest BCUT2D eigenvalue weighted by Crippen LogP contribution is 2.31. The van der Waals surface area contributed by atoms with E-state index >= 15 is 0 Å². The van der Waals surface area contributed by atoms with Crippen LogP contribution < -0.4 is 47.9 Å². The van der Waals surface area contributed by atoms with Crippen LogP contribution in [0.3, 0.4) is 0 Å². The first-order chi connectivity index (χ1) is 41.4. The molecule has 21 heteroatoms. The molecule has 0 fully saturated rings. The summed E-state index contributed by atoms with van der Waals surface area (Å²) in [5, 5.41) is 29.2. The van der Waals surface area contributed by atoms with Crippen LogP contribution in [0.25, 0.3) is 6.08 Å². The molecule has 5 atom stereocenters. The number of para-hydroxylation sites is 1. The highest BCUT2D eigenvalue weighted by molar-refractivity contribution is 6.00. The Morgan fingerprint density at radius 1 is 0.727 bits per heavy atom. The summed E-state index contributed by atoms with van der Waals surface area (Å²) in [6, 6.07) is 23.4. The lowest BCUT2D eigenvalue weighted by molar-refractivity contribution is -0.141. The monoisotopic (exact) mass is 1210 g/mol. The van der Waals surface area contributed by atoms with E-state index in [4.69, 9.17) is 10.5 Å². The zero-order chi connectivity index (χ0) is 65.6. The van der Waals surface area contributed by atoms with Crippen molar-refractivity contribution in [2.75, 3.05) is 36.2 Å². The molecule has 0 radical (unpaired) electrons. The topological polar surface area (TPSA) is 300 Å². The molecular formula is C67H92N10O11. The molecule has 0 unspecified atom stereocenters. The fourth-order valence-electron chi connectivity index (χ4n) is 10.1. The van der Waals surface area contributed by atoms with Gasteiger partial charge in [0.25, 0.3) is 0 Å². The van der Waals surface area contributed by atoms with Gasteiger partial charge in [0.05, 0.1) is 24.3 Å². The summed E-state index contributed by atoms with van der Waals surface area (Å²) in [7, 11) is 3.26. The van der Waals surface area contributed by atoms with E-state index in [0.717, 1.165) is 28.7 Å². The number of carboxylic acid groups (broad SMARTS) is 1. The maximum Gasteiger partial charge on any atom is 0.411 e. The highest BCUT2D eigenvalue weighted by Gasteiger charge is 2.42. The van der Waals surface area contributed by atoms with Crippen LogP contribution in [0.5, 0.6) is 0 Å². The zero-order valence-corrected chi connectivity index (χ0v) is 53.3. The van der Waals surface area contributed by atoms with E-state index < -0.39 is 88.7 Å². The van der Waals surface area contributed by atoms with Crippen molar-refractivity contribution in [1.82, 2.24) is 31.5 Å². The molecule has 0 aromatic heterocycles. The third-order valence-electron chi connectivity index (χ3n) is 15.4. The highest BCUT2D eigenvalue weighted by atomic mass is 16.5. The second kappa shape index (κ2) is 33.3. The molecule has 0 spiro atoms. The number of hydrogen-bond acceptors (Lipinski definition) is 11. The van der Waals surface area contributed by atoms with Crippen molar-refractivity contribution in [2.45, 2.75) is 157 Å². The predicted molar refractivity (Wildman–Crippen MR) is 344 cm³/mol. The molecule has 0 aliphatic carbocycles. The number of nitrogens with one attached hydrogen (secondary N) is 7. The first-order valence-corrected chi connectivity index (χ1v) is 29.8. The molecule has 0 saturated heterocycles. The zero-order valence-electron chi connectivity index (χ0n) is 53.3. The Morgan fingerprint density at radius 3 is 1.90 bits per heavy atom. The van der Waals surface area contributed by atoms with E-state index in [1.165, 1.54) is 11.8 Å². The largest absolute Gasteiger partial charge is 0.478 e. The summed E-state index contributed by atoms with van der Waals surface area (Å²) < 4.78 is 5.51. The van der Waals surface area contributed by atoms with Crippen LogP contribution >= 0.6 is 0 Å². The summed E-state index contributed by atoms with van der Waals surface area (Å²) in [5.41, 5.74) is 9.40. The van der Waals surface area contributed by atoms with Crippen LogP contribution in [0, 0.1) is 17.3 Å². The fraction of sp³-hybridized carbons (Fsp3) is 0.448. The number of ether oxygens (including phenoxy) is 1. The first kappa shape index (κ1) is 71.6. The molecule has 476 valence electrons. The third kappa shape index (κ3) is 20.9. The van der Waals surface area contributed by atoms with E-state index in [9.17, 15) is 48.3 Å². The number of nitrogens with two attached hydrogens (primary N) is 1. The number of anilines is 3. The molecular weight excluding hydrogens is 1120 g/mol. The van der Waals surface area contributed by atoms with Crippen LogP contribution in [0.15, 0.2) is 115 Å². The summed E-state index contributed by atoms with van der Waals surface area (Å²) >= 11 is 0. The Kier molecular flexibility index (Phi) is 27.1. The second-order valence-corrected chi connectivity index (χ2v) is 24.2. The van der Waals surface area contributed by atoms with Crippen LogP contribution in [0.1, 0.15) is 130 Å².